The first-order valence-electron chi connectivity index (χ1n) is 15.0. The van der Waals surface area contributed by atoms with Gasteiger partial charge in [-0.05, 0) is 81.2 Å². The van der Waals surface area contributed by atoms with Crippen LogP contribution >= 0.6 is 34.0 Å². The van der Waals surface area contributed by atoms with Crippen molar-refractivity contribution < 1.29 is 9.53 Å². The molecule has 226 valence electrons. The Labute approximate surface area is 272 Å². The van der Waals surface area contributed by atoms with Gasteiger partial charge in [0.15, 0.2) is 4.80 Å². The summed E-state index contributed by atoms with van der Waals surface area (Å²) in [7, 11) is 0. The standard InChI is InChI=1S/C35H30N4O3S3/c1-4-42-34(41)29-30(22-11-6-5-7-12-22)37-35-39(31(29)27-15-10-16-43-27)32(40)28(45-35)18-23-17-20(2)38(21(23)3)33-25(19-36)24-13-8-9-14-26(24)44-33/h5-7,10-12,15-18,31H,4,8-9,13-14H2,1-3H3/b28-18+/t31-/m1/s1. The van der Waals surface area contributed by atoms with Gasteiger partial charge in [-0.1, -0.05) is 47.7 Å². The van der Waals surface area contributed by atoms with E-state index in [1.54, 1.807) is 22.8 Å². The van der Waals surface area contributed by atoms with Gasteiger partial charge in [-0.2, -0.15) is 5.26 Å². The maximum atomic E-state index is 14.3. The predicted molar refractivity (Wildman–Crippen MR) is 180 cm³/mol. The molecule has 0 amide bonds. The highest BCUT2D eigenvalue weighted by molar-refractivity contribution is 7.15. The van der Waals surface area contributed by atoms with Crippen LogP contribution in [0.4, 0.5) is 0 Å². The van der Waals surface area contributed by atoms with Crippen molar-refractivity contribution in [3.8, 4) is 11.1 Å². The van der Waals surface area contributed by atoms with E-state index in [1.807, 2.05) is 67.8 Å². The van der Waals surface area contributed by atoms with Crippen LogP contribution in [0.25, 0.3) is 16.8 Å². The van der Waals surface area contributed by atoms with Crippen molar-refractivity contribution in [2.45, 2.75) is 52.5 Å². The van der Waals surface area contributed by atoms with Crippen molar-refractivity contribution in [1.29, 1.82) is 5.26 Å². The summed E-state index contributed by atoms with van der Waals surface area (Å²) in [5.41, 5.74) is 6.32. The van der Waals surface area contributed by atoms with Gasteiger partial charge in [-0.3, -0.25) is 9.36 Å². The molecule has 7 rings (SSSR count). The van der Waals surface area contributed by atoms with E-state index < -0.39 is 12.0 Å². The number of hydrogen-bond donors (Lipinski definition) is 0. The van der Waals surface area contributed by atoms with Crippen molar-refractivity contribution in [3.05, 3.63) is 123 Å². The Bertz CT molecular complexity index is 2210. The highest BCUT2D eigenvalue weighted by atomic mass is 32.1. The SMILES string of the molecule is CCOC(=O)C1=C(c2ccccc2)N=c2s/c(=C/c3cc(C)n(-c4sc5c(c4C#N)CCCC5)c3C)c(=O)n2[C@@H]1c1cccs1. The van der Waals surface area contributed by atoms with Crippen LogP contribution < -0.4 is 14.9 Å². The summed E-state index contributed by atoms with van der Waals surface area (Å²) < 4.78 is 9.87. The number of carbonyl (C=O) groups excluding carboxylic acids is 1. The number of fused-ring (bicyclic) bond motifs is 2. The van der Waals surface area contributed by atoms with Gasteiger partial charge in [0, 0.05) is 26.7 Å². The van der Waals surface area contributed by atoms with Gasteiger partial charge in [0.1, 0.15) is 17.1 Å². The minimum Gasteiger partial charge on any atom is -0.463 e. The third-order valence-electron chi connectivity index (χ3n) is 8.41. The number of benzene rings is 1. The maximum Gasteiger partial charge on any atom is 0.338 e. The lowest BCUT2D eigenvalue weighted by atomic mass is 9.96. The Morgan fingerprint density at radius 1 is 1.13 bits per heavy atom. The van der Waals surface area contributed by atoms with Gasteiger partial charge in [0.2, 0.25) is 0 Å². The second kappa shape index (κ2) is 11.9. The summed E-state index contributed by atoms with van der Waals surface area (Å²) >= 11 is 4.53. The molecule has 0 fully saturated rings. The molecule has 2 aliphatic rings. The van der Waals surface area contributed by atoms with Crippen molar-refractivity contribution in [2.75, 3.05) is 6.61 Å². The quantitative estimate of drug-likeness (QED) is 0.204. The molecule has 0 N–H and O–H groups in total. The van der Waals surface area contributed by atoms with Gasteiger partial charge in [-0.25, -0.2) is 9.79 Å². The summed E-state index contributed by atoms with van der Waals surface area (Å²) in [6.45, 7) is 6.07. The van der Waals surface area contributed by atoms with E-state index >= 15 is 0 Å². The molecular formula is C35H30N4O3S3. The third kappa shape index (κ3) is 4.96. The molecular weight excluding hydrogens is 621 g/mol. The molecule has 0 bridgehead atoms. The second-order valence-corrected chi connectivity index (χ2v) is 14.2. The van der Waals surface area contributed by atoms with Crippen LogP contribution in [0.1, 0.15) is 69.2 Å². The number of aryl methyl sites for hydroxylation is 2. The average molecular weight is 651 g/mol. The Kier molecular flexibility index (Phi) is 7.78. The Morgan fingerprint density at radius 2 is 1.93 bits per heavy atom. The number of thiophene rings is 2. The highest BCUT2D eigenvalue weighted by Gasteiger charge is 2.35. The van der Waals surface area contributed by atoms with Gasteiger partial charge in [-0.15, -0.1) is 22.7 Å². The topological polar surface area (TPSA) is 89.4 Å². The molecule has 10 heteroatoms. The van der Waals surface area contributed by atoms with Gasteiger partial charge in [0.25, 0.3) is 5.56 Å². The number of aromatic nitrogens is 2. The van der Waals surface area contributed by atoms with E-state index in [2.05, 4.69) is 16.7 Å². The fourth-order valence-electron chi connectivity index (χ4n) is 6.37. The number of nitrogens with zero attached hydrogens (tertiary/aromatic N) is 4. The van der Waals surface area contributed by atoms with Gasteiger partial charge < -0.3 is 9.30 Å². The molecule has 1 aliphatic heterocycles. The minimum absolute atomic E-state index is 0.208. The number of carbonyl (C=O) groups is 1. The zero-order valence-electron chi connectivity index (χ0n) is 25.1. The number of ether oxygens (including phenoxy) is 1. The first-order valence-corrected chi connectivity index (χ1v) is 17.5. The van der Waals surface area contributed by atoms with Crippen molar-refractivity contribution >= 4 is 51.8 Å². The predicted octanol–water partition coefficient (Wildman–Crippen LogP) is 6.22. The smallest absolute Gasteiger partial charge is 0.338 e. The second-order valence-electron chi connectivity index (χ2n) is 11.1. The molecule has 1 atom stereocenters. The number of thiazole rings is 1. The normalized spacial score (nSPS) is 16.2. The van der Waals surface area contributed by atoms with E-state index in [9.17, 15) is 14.9 Å². The van der Waals surface area contributed by atoms with E-state index in [1.165, 1.54) is 33.1 Å². The summed E-state index contributed by atoms with van der Waals surface area (Å²) in [6, 6.07) is 17.3. The molecule has 7 nitrogen and oxygen atoms in total. The first-order chi connectivity index (χ1) is 21.9. The van der Waals surface area contributed by atoms with Crippen LogP contribution in [0.15, 0.2) is 69.3 Å². The molecule has 4 aromatic heterocycles. The van der Waals surface area contributed by atoms with Gasteiger partial charge >= 0.3 is 5.97 Å². The van der Waals surface area contributed by atoms with Crippen LogP contribution in [-0.4, -0.2) is 21.7 Å². The van der Waals surface area contributed by atoms with E-state index in [4.69, 9.17) is 9.73 Å². The zero-order valence-corrected chi connectivity index (χ0v) is 27.6. The summed E-state index contributed by atoms with van der Waals surface area (Å²) in [4.78, 5) is 35.5. The lowest BCUT2D eigenvalue weighted by Crippen LogP contribution is -2.39. The van der Waals surface area contributed by atoms with Crippen LogP contribution in [0.2, 0.25) is 0 Å². The largest absolute Gasteiger partial charge is 0.463 e. The molecule has 0 radical (unpaired) electrons. The van der Waals surface area contributed by atoms with Gasteiger partial charge in [0.05, 0.1) is 28.0 Å². The molecule has 0 saturated carbocycles. The Morgan fingerprint density at radius 3 is 2.67 bits per heavy atom. The highest BCUT2D eigenvalue weighted by Crippen LogP contribution is 2.39. The molecule has 5 heterocycles. The summed E-state index contributed by atoms with van der Waals surface area (Å²) in [5, 5.41) is 13.0. The minimum atomic E-state index is -0.666. The van der Waals surface area contributed by atoms with Crippen molar-refractivity contribution in [3.63, 3.8) is 0 Å². The monoisotopic (exact) mass is 650 g/mol. The molecule has 0 saturated heterocycles. The average Bonchev–Trinajstić information content (AvgIpc) is 3.83. The van der Waals surface area contributed by atoms with Crippen molar-refractivity contribution in [2.24, 2.45) is 4.99 Å². The van der Waals surface area contributed by atoms with Crippen molar-refractivity contribution in [1.82, 2.24) is 9.13 Å². The number of nitriles is 1. The molecule has 0 spiro atoms. The summed E-state index contributed by atoms with van der Waals surface area (Å²) in [5.74, 6) is -0.483. The molecule has 1 aliphatic carbocycles. The van der Waals surface area contributed by atoms with Crippen LogP contribution in [0, 0.1) is 25.2 Å². The van der Waals surface area contributed by atoms with E-state index in [-0.39, 0.29) is 12.2 Å². The number of esters is 1. The zero-order chi connectivity index (χ0) is 31.2. The Balaban J connectivity index is 1.42. The molecule has 1 aromatic carbocycles. The lowest BCUT2D eigenvalue weighted by Gasteiger charge is -2.24. The number of hydrogen-bond acceptors (Lipinski definition) is 8. The molecule has 0 unspecified atom stereocenters. The van der Waals surface area contributed by atoms with Crippen LogP contribution in [0.5, 0.6) is 0 Å². The van der Waals surface area contributed by atoms with Crippen LogP contribution in [-0.2, 0) is 22.4 Å². The van der Waals surface area contributed by atoms with E-state index in [0.717, 1.165) is 63.6 Å². The fourth-order valence-corrected chi connectivity index (χ4v) is 9.63. The Hall–Kier alpha value is -4.30. The van der Waals surface area contributed by atoms with Crippen LogP contribution in [0.3, 0.4) is 0 Å². The fraction of sp³-hybridized carbons (Fsp3) is 0.257. The number of rotatable bonds is 6. The molecule has 5 aromatic rings. The first kappa shape index (κ1) is 29.4. The summed E-state index contributed by atoms with van der Waals surface area (Å²) in [6.07, 6.45) is 6.16. The third-order valence-corrected chi connectivity index (χ3v) is 11.6. The lowest BCUT2D eigenvalue weighted by molar-refractivity contribution is -0.138. The van der Waals surface area contributed by atoms with E-state index in [0.29, 0.717) is 20.6 Å². The molecule has 45 heavy (non-hydrogen) atoms. The maximum absolute atomic E-state index is 14.3.